The molecule has 0 spiro atoms. The second-order valence-electron chi connectivity index (χ2n) is 4.95. The number of hydrogen-bond donors (Lipinski definition) is 0. The third kappa shape index (κ3) is 4.10. The molecule has 0 heterocycles. The molecule has 1 aromatic carbocycles. The van der Waals surface area contributed by atoms with Gasteiger partial charge >= 0.3 is 0 Å². The van der Waals surface area contributed by atoms with E-state index in [-0.39, 0.29) is 23.1 Å². The minimum atomic E-state index is -0.339. The number of benzene rings is 1. The van der Waals surface area contributed by atoms with E-state index in [4.69, 9.17) is 9.47 Å². The molecule has 118 valence electrons. The predicted octanol–water partition coefficient (Wildman–Crippen LogP) is 2.79. The molecule has 1 aliphatic carbocycles. The van der Waals surface area contributed by atoms with Gasteiger partial charge in [0.25, 0.3) is 0 Å². The van der Waals surface area contributed by atoms with E-state index in [1.807, 2.05) is 30.3 Å². The van der Waals surface area contributed by atoms with Crippen LogP contribution in [0.1, 0.15) is 24.8 Å². The Kier molecular flexibility index (Phi) is 5.76. The second kappa shape index (κ2) is 8.00. The zero-order chi connectivity index (χ0) is 16.7. The van der Waals surface area contributed by atoms with Gasteiger partial charge in [-0.1, -0.05) is 30.0 Å². The Balaban J connectivity index is 1.93. The van der Waals surface area contributed by atoms with Crippen molar-refractivity contribution in [1.82, 2.24) is 0 Å². The molecule has 0 bridgehead atoms. The molecular formula is C19H18O4. The largest absolute Gasteiger partial charge is 0.490 e. The Labute approximate surface area is 135 Å². The van der Waals surface area contributed by atoms with Gasteiger partial charge in [-0.15, -0.1) is 0 Å². The van der Waals surface area contributed by atoms with Crippen molar-refractivity contribution in [2.75, 3.05) is 14.2 Å². The normalized spacial score (nSPS) is 14.1. The summed E-state index contributed by atoms with van der Waals surface area (Å²) in [4.78, 5) is 24.1. The van der Waals surface area contributed by atoms with Gasteiger partial charge < -0.3 is 9.47 Å². The molecule has 1 aliphatic rings. The number of unbranched alkanes of at least 4 members (excludes halogenated alkanes) is 1. The summed E-state index contributed by atoms with van der Waals surface area (Å²) >= 11 is 0. The average Bonchev–Trinajstić information content (AvgIpc) is 2.57. The number of allylic oxidation sites excluding steroid dienone is 2. The van der Waals surface area contributed by atoms with Crippen molar-refractivity contribution >= 4 is 11.6 Å². The molecule has 4 nitrogen and oxygen atoms in total. The van der Waals surface area contributed by atoms with Crippen LogP contribution in [0.5, 0.6) is 0 Å². The lowest BCUT2D eigenvalue weighted by Crippen LogP contribution is -2.21. The molecule has 0 saturated carbocycles. The van der Waals surface area contributed by atoms with Crippen LogP contribution in [0.4, 0.5) is 0 Å². The van der Waals surface area contributed by atoms with Crippen molar-refractivity contribution in [3.63, 3.8) is 0 Å². The van der Waals surface area contributed by atoms with Crippen LogP contribution in [-0.2, 0) is 19.1 Å². The van der Waals surface area contributed by atoms with Crippen LogP contribution >= 0.6 is 0 Å². The molecule has 1 aromatic rings. The lowest BCUT2D eigenvalue weighted by Gasteiger charge is -2.16. The number of methoxy groups -OCH3 is 2. The Morgan fingerprint density at radius 1 is 1.00 bits per heavy atom. The molecule has 0 radical (unpaired) electrons. The summed E-state index contributed by atoms with van der Waals surface area (Å²) in [5, 5.41) is 0. The molecule has 0 atom stereocenters. The summed E-state index contributed by atoms with van der Waals surface area (Å²) in [6.45, 7) is 0. The van der Waals surface area contributed by atoms with E-state index < -0.39 is 0 Å². The first-order valence-corrected chi connectivity index (χ1v) is 7.33. The average molecular weight is 310 g/mol. The predicted molar refractivity (Wildman–Crippen MR) is 86.3 cm³/mol. The van der Waals surface area contributed by atoms with Gasteiger partial charge in [-0.2, -0.15) is 0 Å². The highest BCUT2D eigenvalue weighted by Crippen LogP contribution is 2.23. The first-order chi connectivity index (χ1) is 11.2. The molecule has 0 aliphatic heterocycles. The monoisotopic (exact) mass is 310 g/mol. The van der Waals surface area contributed by atoms with Crippen LogP contribution in [-0.4, -0.2) is 25.8 Å². The highest BCUT2D eigenvalue weighted by atomic mass is 16.5. The zero-order valence-corrected chi connectivity index (χ0v) is 13.2. The van der Waals surface area contributed by atoms with Crippen LogP contribution < -0.4 is 0 Å². The lowest BCUT2D eigenvalue weighted by atomic mass is 9.96. The van der Waals surface area contributed by atoms with Crippen LogP contribution in [0, 0.1) is 11.8 Å². The summed E-state index contributed by atoms with van der Waals surface area (Å²) in [6.07, 6.45) is 3.16. The summed E-state index contributed by atoms with van der Waals surface area (Å²) < 4.78 is 9.94. The van der Waals surface area contributed by atoms with Crippen LogP contribution in [0.3, 0.4) is 0 Å². The fraction of sp³-hybridized carbons (Fsp3) is 0.263. The Bertz CT molecular complexity index is 715. The number of ether oxygens (including phenoxy) is 2. The molecule has 0 fully saturated rings. The fourth-order valence-electron chi connectivity index (χ4n) is 2.27. The van der Waals surface area contributed by atoms with Crippen molar-refractivity contribution in [1.29, 1.82) is 0 Å². The van der Waals surface area contributed by atoms with E-state index in [0.717, 1.165) is 5.56 Å². The van der Waals surface area contributed by atoms with E-state index in [1.54, 1.807) is 0 Å². The smallest absolute Gasteiger partial charge is 0.227 e. The summed E-state index contributed by atoms with van der Waals surface area (Å²) in [6, 6.07) is 9.71. The molecular weight excluding hydrogens is 292 g/mol. The zero-order valence-electron chi connectivity index (χ0n) is 13.2. The van der Waals surface area contributed by atoms with Crippen molar-refractivity contribution in [3.05, 3.63) is 59.1 Å². The Morgan fingerprint density at radius 2 is 1.70 bits per heavy atom. The SMILES string of the molecule is COC1=C(OC)C(=O)C(CCCC#Cc2ccccc2)=CC1=O. The molecule has 4 heteroatoms. The highest BCUT2D eigenvalue weighted by Gasteiger charge is 2.30. The second-order valence-corrected chi connectivity index (χ2v) is 4.95. The molecule has 0 amide bonds. The van der Waals surface area contributed by atoms with Gasteiger partial charge in [-0.05, 0) is 31.1 Å². The van der Waals surface area contributed by atoms with Gasteiger partial charge in [-0.25, -0.2) is 0 Å². The number of carbonyl (C=O) groups is 2. The first-order valence-electron chi connectivity index (χ1n) is 7.33. The third-order valence-corrected chi connectivity index (χ3v) is 3.40. The van der Waals surface area contributed by atoms with Gasteiger partial charge in [0.2, 0.25) is 23.1 Å². The highest BCUT2D eigenvalue weighted by molar-refractivity contribution is 6.20. The standard InChI is InChI=1S/C19H18O4/c1-22-18-16(20)13-15(17(21)19(18)23-2)12-8-4-7-11-14-9-5-3-6-10-14/h3,5-6,9-10,13H,4,8,12H2,1-2H3. The molecule has 2 rings (SSSR count). The summed E-state index contributed by atoms with van der Waals surface area (Å²) in [7, 11) is 2.70. The van der Waals surface area contributed by atoms with Gasteiger partial charge in [0.05, 0.1) is 14.2 Å². The van der Waals surface area contributed by atoms with Crippen LogP contribution in [0.25, 0.3) is 0 Å². The number of rotatable bonds is 5. The quantitative estimate of drug-likeness (QED) is 0.477. The van der Waals surface area contributed by atoms with Crippen molar-refractivity contribution in [3.8, 4) is 11.8 Å². The van der Waals surface area contributed by atoms with Crippen LogP contribution in [0.2, 0.25) is 0 Å². The number of Topliss-reactive ketones (excluding diaryl/α,β-unsaturated/α-hetero) is 1. The van der Waals surface area contributed by atoms with E-state index in [1.165, 1.54) is 20.3 Å². The Hall–Kier alpha value is -2.80. The maximum atomic E-state index is 12.2. The summed E-state index contributed by atoms with van der Waals surface area (Å²) in [5.41, 5.74) is 1.40. The minimum absolute atomic E-state index is 0.0228. The van der Waals surface area contributed by atoms with Crippen LogP contribution in [0.15, 0.2) is 53.5 Å². The van der Waals surface area contributed by atoms with Crippen molar-refractivity contribution in [2.45, 2.75) is 19.3 Å². The van der Waals surface area contributed by atoms with E-state index in [9.17, 15) is 9.59 Å². The minimum Gasteiger partial charge on any atom is -0.490 e. The van der Waals surface area contributed by atoms with Crippen molar-refractivity contribution < 1.29 is 19.1 Å². The van der Waals surface area contributed by atoms with E-state index in [2.05, 4.69) is 11.8 Å². The fourth-order valence-corrected chi connectivity index (χ4v) is 2.27. The maximum absolute atomic E-state index is 12.2. The molecule has 0 unspecified atom stereocenters. The first kappa shape index (κ1) is 16.6. The van der Waals surface area contributed by atoms with Gasteiger partial charge in [0.1, 0.15) is 0 Å². The summed E-state index contributed by atoms with van der Waals surface area (Å²) in [5.74, 6) is 5.44. The number of ketones is 2. The number of hydrogen-bond acceptors (Lipinski definition) is 4. The molecule has 0 N–H and O–H groups in total. The van der Waals surface area contributed by atoms with E-state index >= 15 is 0 Å². The molecule has 23 heavy (non-hydrogen) atoms. The van der Waals surface area contributed by atoms with Crippen molar-refractivity contribution in [2.24, 2.45) is 0 Å². The molecule has 0 saturated heterocycles. The maximum Gasteiger partial charge on any atom is 0.227 e. The molecule has 0 aromatic heterocycles. The number of carbonyl (C=O) groups excluding carboxylic acids is 2. The topological polar surface area (TPSA) is 52.6 Å². The third-order valence-electron chi connectivity index (χ3n) is 3.40. The lowest BCUT2D eigenvalue weighted by molar-refractivity contribution is -0.120. The van der Waals surface area contributed by atoms with Gasteiger partial charge in [0.15, 0.2) is 0 Å². The van der Waals surface area contributed by atoms with Gasteiger partial charge in [-0.3, -0.25) is 9.59 Å². The van der Waals surface area contributed by atoms with Gasteiger partial charge in [0, 0.05) is 17.6 Å². The van der Waals surface area contributed by atoms with E-state index in [0.29, 0.717) is 24.8 Å². The Morgan fingerprint density at radius 3 is 2.35 bits per heavy atom.